The van der Waals surface area contributed by atoms with Crippen LogP contribution < -0.4 is 15.8 Å². The first-order chi connectivity index (χ1) is 14.1. The Morgan fingerprint density at radius 2 is 1.76 bits per heavy atom. The number of anilines is 2. The predicted octanol–water partition coefficient (Wildman–Crippen LogP) is 3.63. The van der Waals surface area contributed by atoms with Crippen LogP contribution in [0.4, 0.5) is 11.8 Å². The summed E-state index contributed by atoms with van der Waals surface area (Å²) < 4.78 is 0. The van der Waals surface area contributed by atoms with E-state index in [9.17, 15) is 9.59 Å². The molecule has 29 heavy (non-hydrogen) atoms. The third-order valence-electron chi connectivity index (χ3n) is 6.31. The fraction of sp³-hybridized carbons (Fsp3) is 0.435. The van der Waals surface area contributed by atoms with Crippen molar-refractivity contribution in [1.82, 2.24) is 9.97 Å². The molecule has 0 spiro atoms. The van der Waals surface area contributed by atoms with Gasteiger partial charge < -0.3 is 10.2 Å². The average molecular weight is 390 g/mol. The SMILES string of the molecule is Cc1ccc([C@@H]2C3=C(CCCC3=O)Nc3nc(N4CCCCC4)[nH]c(=O)c32)cc1. The Morgan fingerprint density at radius 1 is 1.00 bits per heavy atom. The molecule has 3 heterocycles. The molecule has 0 bridgehead atoms. The van der Waals surface area contributed by atoms with Crippen molar-refractivity contribution in [2.75, 3.05) is 23.3 Å². The van der Waals surface area contributed by atoms with Gasteiger partial charge in [-0.15, -0.1) is 0 Å². The molecule has 5 rings (SSSR count). The summed E-state index contributed by atoms with van der Waals surface area (Å²) in [4.78, 5) is 36.1. The quantitative estimate of drug-likeness (QED) is 0.819. The second-order valence-corrected chi connectivity index (χ2v) is 8.34. The fourth-order valence-electron chi connectivity index (χ4n) is 4.80. The lowest BCUT2D eigenvalue weighted by Gasteiger charge is -2.34. The minimum Gasteiger partial charge on any atom is -0.343 e. The second kappa shape index (κ2) is 7.17. The molecule has 2 N–H and O–H groups in total. The lowest BCUT2D eigenvalue weighted by atomic mass is 9.76. The van der Waals surface area contributed by atoms with Gasteiger partial charge in [0, 0.05) is 36.7 Å². The van der Waals surface area contributed by atoms with Crippen LogP contribution >= 0.6 is 0 Å². The van der Waals surface area contributed by atoms with Crippen LogP contribution in [0, 0.1) is 6.92 Å². The highest BCUT2D eigenvalue weighted by Crippen LogP contribution is 2.43. The van der Waals surface area contributed by atoms with Crippen LogP contribution in [0.3, 0.4) is 0 Å². The predicted molar refractivity (Wildman–Crippen MR) is 113 cm³/mol. The van der Waals surface area contributed by atoms with Crippen LogP contribution in [0.1, 0.15) is 61.1 Å². The number of hydrogen-bond donors (Lipinski definition) is 2. The van der Waals surface area contributed by atoms with Crippen LogP contribution in [0.25, 0.3) is 0 Å². The van der Waals surface area contributed by atoms with Gasteiger partial charge >= 0.3 is 0 Å². The standard InChI is InChI=1S/C23H26N4O2/c1-14-8-10-15(11-9-14)18-19-16(6-5-7-17(19)28)24-21-20(18)22(29)26-23(25-21)27-12-3-2-4-13-27/h8-11,18H,2-7,12-13H2,1H3,(H2,24,25,26,29)/t18-/m1/s1. The summed E-state index contributed by atoms with van der Waals surface area (Å²) in [6.45, 7) is 3.86. The molecule has 0 saturated carbocycles. The molecule has 0 amide bonds. The van der Waals surface area contributed by atoms with Crippen molar-refractivity contribution in [3.05, 3.63) is 62.6 Å². The fourth-order valence-corrected chi connectivity index (χ4v) is 4.80. The summed E-state index contributed by atoms with van der Waals surface area (Å²) >= 11 is 0. The summed E-state index contributed by atoms with van der Waals surface area (Å²) in [5.74, 6) is 1.01. The highest BCUT2D eigenvalue weighted by atomic mass is 16.1. The molecule has 2 aromatic rings. The number of piperidine rings is 1. The molecule has 2 aliphatic heterocycles. The van der Waals surface area contributed by atoms with Crippen molar-refractivity contribution < 1.29 is 4.79 Å². The maximum absolute atomic E-state index is 13.3. The van der Waals surface area contributed by atoms with E-state index in [-0.39, 0.29) is 17.3 Å². The number of rotatable bonds is 2. The second-order valence-electron chi connectivity index (χ2n) is 8.34. The van der Waals surface area contributed by atoms with Crippen molar-refractivity contribution in [3.63, 3.8) is 0 Å². The Bertz CT molecular complexity index is 1050. The number of allylic oxidation sites excluding steroid dienone is 2. The summed E-state index contributed by atoms with van der Waals surface area (Å²) in [5.41, 5.74) is 4.20. The van der Waals surface area contributed by atoms with Gasteiger partial charge in [-0.3, -0.25) is 14.6 Å². The van der Waals surface area contributed by atoms with Gasteiger partial charge in [0.15, 0.2) is 5.78 Å². The molecule has 1 aliphatic carbocycles. The van der Waals surface area contributed by atoms with Gasteiger partial charge in [0.2, 0.25) is 5.95 Å². The van der Waals surface area contributed by atoms with E-state index in [0.29, 0.717) is 23.8 Å². The number of nitrogens with zero attached hydrogens (tertiary/aromatic N) is 2. The Kier molecular flexibility index (Phi) is 4.49. The Labute approximate surface area is 170 Å². The normalized spacial score (nSPS) is 21.5. The molecule has 150 valence electrons. The number of carbonyl (C=O) groups excluding carboxylic acids is 1. The highest BCUT2D eigenvalue weighted by molar-refractivity contribution is 6.00. The molecule has 1 aromatic heterocycles. The van der Waals surface area contributed by atoms with Gasteiger partial charge in [0.25, 0.3) is 5.56 Å². The number of aromatic amines is 1. The van der Waals surface area contributed by atoms with E-state index in [2.05, 4.69) is 15.2 Å². The minimum absolute atomic E-state index is 0.134. The molecule has 1 aromatic carbocycles. The van der Waals surface area contributed by atoms with Crippen molar-refractivity contribution in [1.29, 1.82) is 0 Å². The van der Waals surface area contributed by atoms with Crippen molar-refractivity contribution >= 4 is 17.5 Å². The third kappa shape index (κ3) is 3.16. The Balaban J connectivity index is 1.67. The number of ketones is 1. The van der Waals surface area contributed by atoms with E-state index >= 15 is 0 Å². The molecule has 1 saturated heterocycles. The lowest BCUT2D eigenvalue weighted by molar-refractivity contribution is -0.116. The molecular weight excluding hydrogens is 364 g/mol. The van der Waals surface area contributed by atoms with Gasteiger partial charge in [-0.2, -0.15) is 4.98 Å². The molecule has 1 atom stereocenters. The van der Waals surface area contributed by atoms with Gasteiger partial charge in [0.05, 0.1) is 5.56 Å². The molecule has 0 unspecified atom stereocenters. The molecule has 3 aliphatic rings. The Hall–Kier alpha value is -2.89. The molecule has 6 heteroatoms. The number of Topliss-reactive ketones (excluding diaryl/α,β-unsaturated/α-hetero) is 1. The van der Waals surface area contributed by atoms with Crippen molar-refractivity contribution in [2.45, 2.75) is 51.4 Å². The Morgan fingerprint density at radius 3 is 2.52 bits per heavy atom. The number of H-pyrrole nitrogens is 1. The topological polar surface area (TPSA) is 78.1 Å². The van der Waals surface area contributed by atoms with Crippen LogP contribution in [0.2, 0.25) is 0 Å². The van der Waals surface area contributed by atoms with Gasteiger partial charge in [-0.05, 0) is 44.6 Å². The monoisotopic (exact) mass is 390 g/mol. The van der Waals surface area contributed by atoms with E-state index in [1.165, 1.54) is 6.42 Å². The number of nitrogens with one attached hydrogen (secondary N) is 2. The van der Waals surface area contributed by atoms with Crippen molar-refractivity contribution in [3.8, 4) is 0 Å². The number of fused-ring (bicyclic) bond motifs is 1. The van der Waals surface area contributed by atoms with Crippen LogP contribution in [0.5, 0.6) is 0 Å². The average Bonchev–Trinajstić information content (AvgIpc) is 2.74. The first-order valence-electron chi connectivity index (χ1n) is 10.6. The lowest BCUT2D eigenvalue weighted by Crippen LogP contribution is -2.36. The number of aromatic nitrogens is 2. The first-order valence-corrected chi connectivity index (χ1v) is 10.6. The number of aryl methyl sites for hydroxylation is 1. The summed E-state index contributed by atoms with van der Waals surface area (Å²) in [7, 11) is 0. The maximum atomic E-state index is 13.3. The van der Waals surface area contributed by atoms with Crippen LogP contribution in [0.15, 0.2) is 40.3 Å². The number of hydrogen-bond acceptors (Lipinski definition) is 5. The zero-order chi connectivity index (χ0) is 20.0. The van der Waals surface area contributed by atoms with E-state index in [4.69, 9.17) is 4.98 Å². The molecular formula is C23H26N4O2. The van der Waals surface area contributed by atoms with Crippen molar-refractivity contribution in [2.24, 2.45) is 0 Å². The molecule has 0 radical (unpaired) electrons. The van der Waals surface area contributed by atoms with Crippen LogP contribution in [-0.4, -0.2) is 28.8 Å². The first kappa shape index (κ1) is 18.2. The molecule has 6 nitrogen and oxygen atoms in total. The highest BCUT2D eigenvalue weighted by Gasteiger charge is 2.38. The third-order valence-corrected chi connectivity index (χ3v) is 6.31. The van der Waals surface area contributed by atoms with Crippen LogP contribution in [-0.2, 0) is 4.79 Å². The minimum atomic E-state index is -0.360. The number of benzene rings is 1. The zero-order valence-corrected chi connectivity index (χ0v) is 16.8. The summed E-state index contributed by atoms with van der Waals surface area (Å²) in [5, 5.41) is 3.36. The van der Waals surface area contributed by atoms with E-state index in [1.54, 1.807) is 0 Å². The summed E-state index contributed by atoms with van der Waals surface area (Å²) in [6, 6.07) is 8.13. The largest absolute Gasteiger partial charge is 0.343 e. The van der Waals surface area contributed by atoms with E-state index < -0.39 is 0 Å². The summed E-state index contributed by atoms with van der Waals surface area (Å²) in [6.07, 6.45) is 5.64. The zero-order valence-electron chi connectivity index (χ0n) is 16.8. The van der Waals surface area contributed by atoms with E-state index in [1.807, 2.05) is 31.2 Å². The van der Waals surface area contributed by atoms with Gasteiger partial charge in [-0.25, -0.2) is 0 Å². The maximum Gasteiger partial charge on any atom is 0.258 e. The van der Waals surface area contributed by atoms with E-state index in [0.717, 1.165) is 61.2 Å². The molecule has 1 fully saturated rings. The van der Waals surface area contributed by atoms with Gasteiger partial charge in [-0.1, -0.05) is 29.8 Å². The smallest absolute Gasteiger partial charge is 0.258 e. The van der Waals surface area contributed by atoms with Gasteiger partial charge in [0.1, 0.15) is 5.82 Å². The number of carbonyl (C=O) groups is 1.